The van der Waals surface area contributed by atoms with Gasteiger partial charge in [0.25, 0.3) is 0 Å². The highest BCUT2D eigenvalue weighted by Gasteiger charge is 2.33. The number of piperazine rings is 1. The molecule has 1 saturated heterocycles. The lowest BCUT2D eigenvalue weighted by molar-refractivity contribution is -0.123. The van der Waals surface area contributed by atoms with Crippen molar-refractivity contribution >= 4 is 34.3 Å². The van der Waals surface area contributed by atoms with Gasteiger partial charge >= 0.3 is 6.03 Å². The lowest BCUT2D eigenvalue weighted by Crippen LogP contribution is -2.59. The summed E-state index contributed by atoms with van der Waals surface area (Å²) < 4.78 is 10.8. The number of carbonyl (C=O) groups excluding carboxylic acids is 2. The number of urea groups is 1. The SMILES string of the molecule is CC(C)[C@@H]1Nc2nc(nc3ccccc23)CN2CCN(C(=O)Nc3ccc4c(c3)OCO4)CC2CNC1=O. The van der Waals surface area contributed by atoms with Gasteiger partial charge in [-0.1, -0.05) is 26.0 Å². The molecule has 2 aromatic carbocycles. The molecule has 0 aliphatic carbocycles. The Bertz CT molecular complexity index is 1380. The molecule has 0 spiro atoms. The zero-order valence-corrected chi connectivity index (χ0v) is 21.4. The van der Waals surface area contributed by atoms with Crippen LogP contribution in [-0.4, -0.2) is 76.8 Å². The second-order valence-electron chi connectivity index (χ2n) is 10.2. The lowest BCUT2D eigenvalue weighted by atomic mass is 10.0. The number of ether oxygens (including phenoxy) is 2. The molecule has 0 radical (unpaired) electrons. The Kier molecular flexibility index (Phi) is 6.36. The summed E-state index contributed by atoms with van der Waals surface area (Å²) in [5, 5.41) is 10.4. The van der Waals surface area contributed by atoms with Crippen molar-refractivity contribution in [3.63, 3.8) is 0 Å². The van der Waals surface area contributed by atoms with Crippen molar-refractivity contribution in [2.45, 2.75) is 32.5 Å². The van der Waals surface area contributed by atoms with Crippen LogP contribution in [0.5, 0.6) is 11.5 Å². The first kappa shape index (κ1) is 24.2. The van der Waals surface area contributed by atoms with Crippen molar-refractivity contribution in [2.75, 3.05) is 43.6 Å². The van der Waals surface area contributed by atoms with Crippen LogP contribution in [-0.2, 0) is 11.3 Å². The van der Waals surface area contributed by atoms with Gasteiger partial charge in [-0.3, -0.25) is 9.69 Å². The van der Waals surface area contributed by atoms with Crippen molar-refractivity contribution in [1.29, 1.82) is 0 Å². The van der Waals surface area contributed by atoms with Crippen molar-refractivity contribution in [2.24, 2.45) is 5.92 Å². The number of para-hydroxylation sites is 1. The topological polar surface area (TPSA) is 121 Å². The zero-order chi connectivity index (χ0) is 26.2. The van der Waals surface area contributed by atoms with E-state index in [1.807, 2.05) is 38.1 Å². The molecule has 0 saturated carbocycles. The predicted octanol–water partition coefficient (Wildman–Crippen LogP) is 2.64. The van der Waals surface area contributed by atoms with Gasteiger partial charge in [-0.25, -0.2) is 14.8 Å². The number of fused-ring (bicyclic) bond motifs is 6. The van der Waals surface area contributed by atoms with Crippen LogP contribution in [0.2, 0.25) is 0 Å². The summed E-state index contributed by atoms with van der Waals surface area (Å²) in [6, 6.07) is 12.4. The van der Waals surface area contributed by atoms with E-state index in [2.05, 4.69) is 20.9 Å². The van der Waals surface area contributed by atoms with Crippen LogP contribution in [0.1, 0.15) is 19.7 Å². The summed E-state index contributed by atoms with van der Waals surface area (Å²) in [5.41, 5.74) is 1.47. The molecular weight excluding hydrogens is 486 g/mol. The number of nitrogens with zero attached hydrogens (tertiary/aromatic N) is 4. The normalized spacial score (nSPS) is 21.3. The average Bonchev–Trinajstić information content (AvgIpc) is 3.37. The Morgan fingerprint density at radius 2 is 1.95 bits per heavy atom. The fraction of sp³-hybridized carbons (Fsp3) is 0.407. The number of benzene rings is 2. The first-order valence-corrected chi connectivity index (χ1v) is 12.9. The van der Waals surface area contributed by atoms with E-state index < -0.39 is 6.04 Å². The minimum atomic E-state index is -0.457. The smallest absolute Gasteiger partial charge is 0.321 e. The molecule has 11 nitrogen and oxygen atoms in total. The monoisotopic (exact) mass is 517 g/mol. The van der Waals surface area contributed by atoms with Crippen molar-refractivity contribution in [3.05, 3.63) is 48.3 Å². The van der Waals surface area contributed by atoms with E-state index in [1.165, 1.54) is 0 Å². The third-order valence-electron chi connectivity index (χ3n) is 7.26. The molecule has 1 fully saturated rings. The van der Waals surface area contributed by atoms with Crippen molar-refractivity contribution in [3.8, 4) is 11.5 Å². The lowest BCUT2D eigenvalue weighted by Gasteiger charge is -2.41. The van der Waals surface area contributed by atoms with E-state index in [1.54, 1.807) is 23.1 Å². The molecule has 11 heteroatoms. The number of hydrogen-bond donors (Lipinski definition) is 3. The number of amides is 3. The van der Waals surface area contributed by atoms with Crippen LogP contribution in [0.4, 0.5) is 16.3 Å². The molecular formula is C27H31N7O4. The average molecular weight is 518 g/mol. The van der Waals surface area contributed by atoms with E-state index in [4.69, 9.17) is 19.4 Å². The molecule has 4 heterocycles. The van der Waals surface area contributed by atoms with E-state index in [-0.39, 0.29) is 30.7 Å². The van der Waals surface area contributed by atoms with E-state index in [0.717, 1.165) is 10.9 Å². The van der Waals surface area contributed by atoms with Crippen LogP contribution in [0.3, 0.4) is 0 Å². The van der Waals surface area contributed by atoms with Gasteiger partial charge in [0, 0.05) is 49.4 Å². The maximum atomic E-state index is 13.3. The van der Waals surface area contributed by atoms with Crippen molar-refractivity contribution < 1.29 is 19.1 Å². The summed E-state index contributed by atoms with van der Waals surface area (Å²) in [6.07, 6.45) is 0. The molecule has 3 aliphatic heterocycles. The fourth-order valence-electron chi connectivity index (χ4n) is 5.15. The van der Waals surface area contributed by atoms with Crippen LogP contribution in [0.25, 0.3) is 10.9 Å². The largest absolute Gasteiger partial charge is 0.454 e. The first-order chi connectivity index (χ1) is 18.4. The standard InChI is InChI=1S/C27H31N7O4/c1-16(2)24-26(35)28-12-18-13-34(27(36)29-17-7-8-21-22(11-17)38-15-37-21)10-9-33(18)14-23-30-20-6-4-3-5-19(20)25(31-23)32-24/h3-8,11,16,18,24H,9-10,12-15H2,1-2H3,(H,28,35)(H,29,36)(H,30,31,32)/t18?,24-/m0/s1. The summed E-state index contributed by atoms with van der Waals surface area (Å²) in [6.45, 7) is 6.74. The molecule has 3 amide bonds. The quantitative estimate of drug-likeness (QED) is 0.475. The number of carbonyl (C=O) groups is 2. The minimum absolute atomic E-state index is 0.0411. The van der Waals surface area contributed by atoms with Gasteiger partial charge in [0.15, 0.2) is 11.5 Å². The molecule has 3 N–H and O–H groups in total. The fourth-order valence-corrected chi connectivity index (χ4v) is 5.15. The van der Waals surface area contributed by atoms with Crippen LogP contribution < -0.4 is 25.4 Å². The molecule has 3 aromatic rings. The van der Waals surface area contributed by atoms with Crippen LogP contribution in [0.15, 0.2) is 42.5 Å². The second-order valence-corrected chi connectivity index (χ2v) is 10.2. The Hall–Kier alpha value is -4.12. The highest BCUT2D eigenvalue weighted by atomic mass is 16.7. The number of rotatable bonds is 2. The van der Waals surface area contributed by atoms with E-state index in [0.29, 0.717) is 61.6 Å². The van der Waals surface area contributed by atoms with Crippen LogP contribution in [0, 0.1) is 5.92 Å². The van der Waals surface area contributed by atoms with Gasteiger partial charge in [0.1, 0.15) is 17.7 Å². The van der Waals surface area contributed by atoms with Gasteiger partial charge in [-0.2, -0.15) is 0 Å². The summed E-state index contributed by atoms with van der Waals surface area (Å²) in [4.78, 5) is 40.1. The highest BCUT2D eigenvalue weighted by Crippen LogP contribution is 2.34. The number of aromatic nitrogens is 2. The summed E-state index contributed by atoms with van der Waals surface area (Å²) in [7, 11) is 0. The molecule has 198 valence electrons. The molecule has 1 unspecified atom stereocenters. The van der Waals surface area contributed by atoms with Gasteiger partial charge in [0.2, 0.25) is 12.7 Å². The predicted molar refractivity (Wildman–Crippen MR) is 142 cm³/mol. The molecule has 2 atom stereocenters. The third-order valence-corrected chi connectivity index (χ3v) is 7.26. The maximum absolute atomic E-state index is 13.3. The number of nitrogens with one attached hydrogen (secondary N) is 3. The molecule has 6 rings (SSSR count). The van der Waals surface area contributed by atoms with Gasteiger partial charge in [-0.15, -0.1) is 0 Å². The highest BCUT2D eigenvalue weighted by molar-refractivity contribution is 5.92. The Morgan fingerprint density at radius 3 is 2.82 bits per heavy atom. The molecule has 38 heavy (non-hydrogen) atoms. The molecule has 1 aromatic heterocycles. The first-order valence-electron chi connectivity index (χ1n) is 12.9. The zero-order valence-electron chi connectivity index (χ0n) is 21.4. The summed E-state index contributed by atoms with van der Waals surface area (Å²) in [5.74, 6) is 2.58. The molecule has 3 aliphatic rings. The second kappa shape index (κ2) is 9.97. The maximum Gasteiger partial charge on any atom is 0.321 e. The van der Waals surface area contributed by atoms with E-state index >= 15 is 0 Å². The Balaban J connectivity index is 1.24. The van der Waals surface area contributed by atoms with Gasteiger partial charge in [-0.05, 0) is 30.2 Å². The van der Waals surface area contributed by atoms with E-state index in [9.17, 15) is 9.59 Å². The Morgan fingerprint density at radius 1 is 1.11 bits per heavy atom. The van der Waals surface area contributed by atoms with Crippen molar-refractivity contribution in [1.82, 2.24) is 25.1 Å². The van der Waals surface area contributed by atoms with Crippen LogP contribution >= 0.6 is 0 Å². The minimum Gasteiger partial charge on any atom is -0.454 e. The van der Waals surface area contributed by atoms with Gasteiger partial charge < -0.3 is 30.3 Å². The number of hydrogen-bond acceptors (Lipinski definition) is 8. The summed E-state index contributed by atoms with van der Waals surface area (Å²) >= 11 is 0. The van der Waals surface area contributed by atoms with Gasteiger partial charge in [0.05, 0.1) is 12.1 Å². The Labute approximate surface area is 220 Å². The third kappa shape index (κ3) is 4.76. The molecule has 2 bridgehead atoms. The number of anilines is 2.